The van der Waals surface area contributed by atoms with E-state index in [2.05, 4.69) is 4.98 Å². The van der Waals surface area contributed by atoms with E-state index in [-0.39, 0.29) is 6.54 Å². The molecule has 16 heavy (non-hydrogen) atoms. The Hall–Kier alpha value is -1.56. The van der Waals surface area contributed by atoms with E-state index in [9.17, 15) is 13.2 Å². The molecule has 86 valence electrons. The fourth-order valence-corrected chi connectivity index (χ4v) is 1.67. The minimum Gasteiger partial charge on any atom is -0.326 e. The molecule has 2 N–H and O–H groups in total. The highest BCUT2D eigenvalue weighted by Crippen LogP contribution is 2.24. The molecule has 3 nitrogen and oxygen atoms in total. The van der Waals surface area contributed by atoms with Gasteiger partial charge < -0.3 is 10.3 Å². The van der Waals surface area contributed by atoms with Crippen LogP contribution in [0, 0.1) is 0 Å². The zero-order chi connectivity index (χ0) is 11.8. The van der Waals surface area contributed by atoms with E-state index in [0.29, 0.717) is 16.6 Å². The maximum Gasteiger partial charge on any atom is 0.406 e. The van der Waals surface area contributed by atoms with Crippen LogP contribution in [0.15, 0.2) is 24.5 Å². The number of nitrogens with zero attached hydrogens (tertiary/aromatic N) is 2. The lowest BCUT2D eigenvalue weighted by Gasteiger charge is -2.07. The monoisotopic (exact) mass is 229 g/mol. The van der Waals surface area contributed by atoms with Crippen molar-refractivity contribution in [2.75, 3.05) is 0 Å². The second-order valence-electron chi connectivity index (χ2n) is 3.48. The van der Waals surface area contributed by atoms with Crippen LogP contribution in [0.2, 0.25) is 0 Å². The van der Waals surface area contributed by atoms with Crippen LogP contribution in [0.1, 0.15) is 5.56 Å². The summed E-state index contributed by atoms with van der Waals surface area (Å²) in [5.74, 6) is 0. The summed E-state index contributed by atoms with van der Waals surface area (Å²) >= 11 is 0. The first-order valence-corrected chi connectivity index (χ1v) is 4.71. The Labute approximate surface area is 89.7 Å². The normalized spacial score (nSPS) is 12.2. The van der Waals surface area contributed by atoms with Crippen LogP contribution in [0.5, 0.6) is 0 Å². The molecule has 0 saturated carbocycles. The van der Waals surface area contributed by atoms with Crippen molar-refractivity contribution in [2.45, 2.75) is 19.3 Å². The standard InChI is InChI=1S/C10H10F3N3/c11-10(12,13)6-16-5-7(4-14)8-2-1-3-15-9(8)16/h1-3,5H,4,6,14H2. The maximum absolute atomic E-state index is 12.3. The first kappa shape index (κ1) is 10.9. The van der Waals surface area contributed by atoms with Crippen molar-refractivity contribution < 1.29 is 13.2 Å². The molecular weight excluding hydrogens is 219 g/mol. The van der Waals surface area contributed by atoms with Gasteiger partial charge in [-0.1, -0.05) is 0 Å². The number of alkyl halides is 3. The fraction of sp³-hybridized carbons (Fsp3) is 0.300. The average Bonchev–Trinajstić information content (AvgIpc) is 2.55. The van der Waals surface area contributed by atoms with Gasteiger partial charge in [0.05, 0.1) is 0 Å². The van der Waals surface area contributed by atoms with Crippen molar-refractivity contribution in [3.63, 3.8) is 0 Å². The van der Waals surface area contributed by atoms with E-state index < -0.39 is 12.7 Å². The van der Waals surface area contributed by atoms with Gasteiger partial charge in [0, 0.05) is 24.3 Å². The van der Waals surface area contributed by atoms with E-state index in [0.717, 1.165) is 4.57 Å². The second-order valence-corrected chi connectivity index (χ2v) is 3.48. The summed E-state index contributed by atoms with van der Waals surface area (Å²) < 4.78 is 38.0. The van der Waals surface area contributed by atoms with Gasteiger partial charge in [0.1, 0.15) is 12.2 Å². The lowest BCUT2D eigenvalue weighted by Crippen LogP contribution is -2.17. The molecule has 0 aliphatic rings. The number of hydrogen-bond acceptors (Lipinski definition) is 2. The fourth-order valence-electron chi connectivity index (χ4n) is 1.67. The summed E-state index contributed by atoms with van der Waals surface area (Å²) in [4.78, 5) is 3.94. The largest absolute Gasteiger partial charge is 0.406 e. The lowest BCUT2D eigenvalue weighted by molar-refractivity contribution is -0.139. The molecule has 0 spiro atoms. The quantitative estimate of drug-likeness (QED) is 0.856. The zero-order valence-electron chi connectivity index (χ0n) is 8.33. The van der Waals surface area contributed by atoms with Crippen LogP contribution in [-0.4, -0.2) is 15.7 Å². The van der Waals surface area contributed by atoms with Gasteiger partial charge in [0.15, 0.2) is 0 Å². The smallest absolute Gasteiger partial charge is 0.326 e. The van der Waals surface area contributed by atoms with Gasteiger partial charge in [0.25, 0.3) is 0 Å². The third-order valence-corrected chi connectivity index (χ3v) is 2.29. The molecule has 0 bridgehead atoms. The number of halogens is 3. The van der Waals surface area contributed by atoms with Gasteiger partial charge in [-0.25, -0.2) is 4.98 Å². The topological polar surface area (TPSA) is 43.8 Å². The molecule has 0 aliphatic carbocycles. The Morgan fingerprint density at radius 2 is 2.12 bits per heavy atom. The first-order valence-electron chi connectivity index (χ1n) is 4.71. The van der Waals surface area contributed by atoms with Crippen LogP contribution in [-0.2, 0) is 13.1 Å². The Bertz CT molecular complexity index is 501. The molecular formula is C10H10F3N3. The molecule has 2 rings (SSSR count). The van der Waals surface area contributed by atoms with Crippen LogP contribution in [0.4, 0.5) is 13.2 Å². The van der Waals surface area contributed by atoms with Crippen molar-refractivity contribution in [3.05, 3.63) is 30.1 Å². The number of hydrogen-bond donors (Lipinski definition) is 1. The third-order valence-electron chi connectivity index (χ3n) is 2.29. The lowest BCUT2D eigenvalue weighted by atomic mass is 10.2. The highest BCUT2D eigenvalue weighted by molar-refractivity contribution is 5.80. The molecule has 0 amide bonds. The van der Waals surface area contributed by atoms with Gasteiger partial charge in [-0.2, -0.15) is 13.2 Å². The van der Waals surface area contributed by atoms with E-state index in [1.165, 1.54) is 12.4 Å². The first-order chi connectivity index (χ1) is 7.51. The molecule has 2 aromatic heterocycles. The summed E-state index contributed by atoms with van der Waals surface area (Å²) in [5, 5.41) is 0.675. The van der Waals surface area contributed by atoms with E-state index >= 15 is 0 Å². The number of pyridine rings is 1. The van der Waals surface area contributed by atoms with Gasteiger partial charge >= 0.3 is 6.18 Å². The maximum atomic E-state index is 12.3. The van der Waals surface area contributed by atoms with E-state index in [1.54, 1.807) is 12.1 Å². The van der Waals surface area contributed by atoms with Crippen LogP contribution < -0.4 is 5.73 Å². The molecule has 0 unspecified atom stereocenters. The predicted octanol–water partition coefficient (Wildman–Crippen LogP) is 2.06. The highest BCUT2D eigenvalue weighted by atomic mass is 19.4. The number of nitrogens with two attached hydrogens (primary N) is 1. The molecule has 6 heteroatoms. The van der Waals surface area contributed by atoms with Crippen molar-refractivity contribution in [2.24, 2.45) is 5.73 Å². The molecule has 0 radical (unpaired) electrons. The second kappa shape index (κ2) is 3.79. The average molecular weight is 229 g/mol. The molecule has 2 aromatic rings. The number of fused-ring (bicyclic) bond motifs is 1. The Kier molecular flexibility index (Phi) is 2.59. The predicted molar refractivity (Wildman–Crippen MR) is 53.7 cm³/mol. The van der Waals surface area contributed by atoms with Crippen LogP contribution in [0.3, 0.4) is 0 Å². The van der Waals surface area contributed by atoms with Crippen molar-refractivity contribution in [3.8, 4) is 0 Å². The summed E-state index contributed by atoms with van der Waals surface area (Å²) in [6.45, 7) is -0.840. The van der Waals surface area contributed by atoms with Crippen molar-refractivity contribution in [1.82, 2.24) is 9.55 Å². The molecule has 0 saturated heterocycles. The minimum absolute atomic E-state index is 0.201. The molecule has 0 aromatic carbocycles. The van der Waals surface area contributed by atoms with E-state index in [4.69, 9.17) is 5.73 Å². The van der Waals surface area contributed by atoms with Crippen LogP contribution >= 0.6 is 0 Å². The van der Waals surface area contributed by atoms with Crippen LogP contribution in [0.25, 0.3) is 11.0 Å². The Morgan fingerprint density at radius 3 is 2.75 bits per heavy atom. The summed E-state index contributed by atoms with van der Waals surface area (Å²) in [6, 6.07) is 3.40. The Balaban J connectivity index is 2.53. The minimum atomic E-state index is -4.25. The molecule has 0 atom stereocenters. The third kappa shape index (κ3) is 2.01. The number of rotatable bonds is 2. The van der Waals surface area contributed by atoms with Crippen molar-refractivity contribution in [1.29, 1.82) is 0 Å². The SMILES string of the molecule is NCc1cn(CC(F)(F)F)c2ncccc12. The van der Waals surface area contributed by atoms with Gasteiger partial charge in [0.2, 0.25) is 0 Å². The van der Waals surface area contributed by atoms with Gasteiger partial charge in [-0.05, 0) is 17.7 Å². The number of aromatic nitrogens is 2. The Morgan fingerprint density at radius 1 is 1.38 bits per heavy atom. The molecule has 0 aliphatic heterocycles. The zero-order valence-corrected chi connectivity index (χ0v) is 8.33. The van der Waals surface area contributed by atoms with Gasteiger partial charge in [-0.3, -0.25) is 0 Å². The summed E-state index contributed by atoms with van der Waals surface area (Å²) in [7, 11) is 0. The highest BCUT2D eigenvalue weighted by Gasteiger charge is 2.29. The van der Waals surface area contributed by atoms with Crippen molar-refractivity contribution >= 4 is 11.0 Å². The summed E-state index contributed by atoms with van der Waals surface area (Å²) in [6.07, 6.45) is -1.38. The molecule has 0 fully saturated rings. The van der Waals surface area contributed by atoms with E-state index in [1.807, 2.05) is 0 Å². The summed E-state index contributed by atoms with van der Waals surface area (Å²) in [5.41, 5.74) is 6.46. The van der Waals surface area contributed by atoms with Gasteiger partial charge in [-0.15, -0.1) is 0 Å². The molecule has 2 heterocycles.